The number of carboxylic acids is 1. The van der Waals surface area contributed by atoms with Crippen molar-refractivity contribution in [2.24, 2.45) is 17.8 Å². The first kappa shape index (κ1) is 24.6. The van der Waals surface area contributed by atoms with Crippen molar-refractivity contribution < 1.29 is 19.4 Å². The fourth-order valence-corrected chi connectivity index (χ4v) is 6.53. The van der Waals surface area contributed by atoms with Crippen molar-refractivity contribution in [2.45, 2.75) is 38.1 Å². The maximum absolute atomic E-state index is 13.2. The van der Waals surface area contributed by atoms with Gasteiger partial charge in [-0.05, 0) is 73.9 Å². The number of benzene rings is 1. The highest BCUT2D eigenvalue weighted by molar-refractivity contribution is 5.94. The fraction of sp³-hybridized carbons (Fsp3) is 0.536. The normalized spacial score (nSPS) is 25.8. The number of hydrogen-bond acceptors (Lipinski definition) is 5. The topological polar surface area (TPSA) is 92.1 Å². The van der Waals surface area contributed by atoms with Crippen molar-refractivity contribution in [3.63, 3.8) is 0 Å². The zero-order valence-corrected chi connectivity index (χ0v) is 20.8. The molecule has 192 valence electrons. The van der Waals surface area contributed by atoms with Gasteiger partial charge in [0.2, 0.25) is 0 Å². The van der Waals surface area contributed by atoms with Crippen LogP contribution in [0.3, 0.4) is 0 Å². The molecule has 0 aliphatic carbocycles. The lowest BCUT2D eigenvalue weighted by molar-refractivity contribution is -0.139. The average Bonchev–Trinajstić information content (AvgIpc) is 2.88. The Morgan fingerprint density at radius 1 is 1.03 bits per heavy atom. The number of aromatic nitrogens is 1. The monoisotopic (exact) mass is 493 g/mol. The highest BCUT2D eigenvalue weighted by atomic mass is 16.5. The number of nitrogens with zero attached hydrogens (tertiary/aromatic N) is 3. The van der Waals surface area contributed by atoms with Crippen LogP contribution in [0.25, 0.3) is 0 Å². The summed E-state index contributed by atoms with van der Waals surface area (Å²) in [7, 11) is 1.60. The third kappa shape index (κ3) is 5.19. The van der Waals surface area contributed by atoms with Crippen molar-refractivity contribution in [2.75, 3.05) is 39.8 Å². The van der Waals surface area contributed by atoms with E-state index < -0.39 is 5.97 Å². The molecule has 0 spiro atoms. The molecule has 3 aliphatic rings. The standard InChI is InChI=1S/C28H35N3O5/c1-36-24-7-5-20(6-8-24)28(35)30-12-10-21(14-27(33)34)22(18-30)9-11-29-15-19-13-23(17-29)25-3-2-4-26(32)31(25)16-19/h2-8,19,21-23H,9-18H2,1H3,(H,33,34)/t19-,21+,22+,23-/m1/s1. The summed E-state index contributed by atoms with van der Waals surface area (Å²) in [5.74, 6) is 0.981. The summed E-state index contributed by atoms with van der Waals surface area (Å²) in [6.07, 6.45) is 2.84. The Kier molecular flexibility index (Phi) is 7.14. The number of fused-ring (bicyclic) bond motifs is 4. The summed E-state index contributed by atoms with van der Waals surface area (Å²) < 4.78 is 7.15. The predicted molar refractivity (Wildman–Crippen MR) is 135 cm³/mol. The van der Waals surface area contributed by atoms with Gasteiger partial charge in [-0.2, -0.15) is 0 Å². The van der Waals surface area contributed by atoms with Crippen LogP contribution in [0.1, 0.15) is 47.7 Å². The number of carboxylic acid groups (broad SMARTS) is 1. The average molecular weight is 494 g/mol. The number of carbonyl (C=O) groups excluding carboxylic acids is 1. The molecule has 0 saturated carbocycles. The third-order valence-electron chi connectivity index (χ3n) is 8.32. The lowest BCUT2D eigenvalue weighted by atomic mass is 9.80. The van der Waals surface area contributed by atoms with E-state index in [1.165, 1.54) is 0 Å². The van der Waals surface area contributed by atoms with Gasteiger partial charge in [-0.1, -0.05) is 6.07 Å². The van der Waals surface area contributed by atoms with E-state index in [4.69, 9.17) is 4.74 Å². The molecule has 8 nitrogen and oxygen atoms in total. The summed E-state index contributed by atoms with van der Waals surface area (Å²) in [4.78, 5) is 41.4. The van der Waals surface area contributed by atoms with E-state index in [1.54, 1.807) is 37.4 Å². The van der Waals surface area contributed by atoms with Crippen molar-refractivity contribution in [1.29, 1.82) is 0 Å². The quantitative estimate of drug-likeness (QED) is 0.638. The van der Waals surface area contributed by atoms with Crippen molar-refractivity contribution >= 4 is 11.9 Å². The summed E-state index contributed by atoms with van der Waals surface area (Å²) in [5, 5.41) is 9.50. The van der Waals surface area contributed by atoms with E-state index in [0.29, 0.717) is 42.7 Å². The van der Waals surface area contributed by atoms with Gasteiger partial charge in [-0.3, -0.25) is 14.4 Å². The molecule has 2 bridgehead atoms. The number of carbonyl (C=O) groups is 2. The summed E-state index contributed by atoms with van der Waals surface area (Å²) in [6, 6.07) is 12.7. The van der Waals surface area contributed by atoms with Crippen LogP contribution in [0.15, 0.2) is 47.3 Å². The number of rotatable bonds is 7. The minimum Gasteiger partial charge on any atom is -0.497 e. The molecule has 1 aromatic heterocycles. The molecule has 4 heterocycles. The molecular weight excluding hydrogens is 458 g/mol. The number of hydrogen-bond donors (Lipinski definition) is 1. The maximum Gasteiger partial charge on any atom is 0.303 e. The number of aliphatic carboxylic acids is 1. The molecule has 0 radical (unpaired) electrons. The van der Waals surface area contributed by atoms with Gasteiger partial charge in [0.1, 0.15) is 5.75 Å². The van der Waals surface area contributed by atoms with Crippen LogP contribution >= 0.6 is 0 Å². The predicted octanol–water partition coefficient (Wildman–Crippen LogP) is 2.92. The lowest BCUT2D eigenvalue weighted by Crippen LogP contribution is -2.49. The van der Waals surface area contributed by atoms with Crippen molar-refractivity contribution in [3.05, 3.63) is 64.1 Å². The van der Waals surface area contributed by atoms with Crippen LogP contribution in [0.5, 0.6) is 5.75 Å². The van der Waals surface area contributed by atoms with Crippen LogP contribution in [-0.2, 0) is 11.3 Å². The molecule has 2 fully saturated rings. The molecule has 2 saturated heterocycles. The molecule has 1 amide bonds. The van der Waals surface area contributed by atoms with Gasteiger partial charge in [0.05, 0.1) is 7.11 Å². The SMILES string of the molecule is COc1ccc(C(=O)N2CC[C@@H](CC(=O)O)[C@@H](CCN3C[C@H]4C[C@H](C3)c3cccc(=O)n3C4)C2)cc1. The number of pyridine rings is 1. The molecule has 1 aromatic carbocycles. The Morgan fingerprint density at radius 3 is 2.58 bits per heavy atom. The first-order valence-electron chi connectivity index (χ1n) is 13.0. The maximum atomic E-state index is 13.2. The van der Waals surface area contributed by atoms with Crippen LogP contribution in [-0.4, -0.2) is 71.2 Å². The van der Waals surface area contributed by atoms with E-state index >= 15 is 0 Å². The van der Waals surface area contributed by atoms with Crippen molar-refractivity contribution in [3.8, 4) is 5.75 Å². The van der Waals surface area contributed by atoms with Crippen molar-refractivity contribution in [1.82, 2.24) is 14.4 Å². The summed E-state index contributed by atoms with van der Waals surface area (Å²) in [6.45, 7) is 4.71. The van der Waals surface area contributed by atoms with Gasteiger partial charge in [-0.15, -0.1) is 0 Å². The number of methoxy groups -OCH3 is 1. The van der Waals surface area contributed by atoms with E-state index in [0.717, 1.165) is 44.7 Å². The Balaban J connectivity index is 1.25. The van der Waals surface area contributed by atoms with Gasteiger partial charge in [0.15, 0.2) is 0 Å². The minimum absolute atomic E-state index is 0.00835. The largest absolute Gasteiger partial charge is 0.497 e. The zero-order valence-electron chi connectivity index (χ0n) is 20.8. The molecule has 1 N–H and O–H groups in total. The number of likely N-dealkylation sites (tertiary alicyclic amines) is 2. The third-order valence-corrected chi connectivity index (χ3v) is 8.32. The molecule has 8 heteroatoms. The van der Waals surface area contributed by atoms with Gasteiger partial charge in [0.25, 0.3) is 11.5 Å². The molecule has 4 atom stereocenters. The minimum atomic E-state index is -0.769. The number of piperidine rings is 2. The van der Waals surface area contributed by atoms with Crippen LogP contribution in [0.4, 0.5) is 0 Å². The highest BCUT2D eigenvalue weighted by Crippen LogP contribution is 2.36. The number of ether oxygens (including phenoxy) is 1. The first-order chi connectivity index (χ1) is 17.4. The van der Waals surface area contributed by atoms with E-state index in [1.807, 2.05) is 15.5 Å². The molecule has 0 unspecified atom stereocenters. The number of amides is 1. The van der Waals surface area contributed by atoms with Crippen LogP contribution in [0, 0.1) is 17.8 Å². The molecule has 36 heavy (non-hydrogen) atoms. The summed E-state index contributed by atoms with van der Waals surface area (Å²) >= 11 is 0. The second-order valence-electron chi connectivity index (χ2n) is 10.6. The summed E-state index contributed by atoms with van der Waals surface area (Å²) in [5.41, 5.74) is 1.86. The highest BCUT2D eigenvalue weighted by Gasteiger charge is 2.36. The smallest absolute Gasteiger partial charge is 0.303 e. The molecule has 5 rings (SSSR count). The Labute approximate surface area is 211 Å². The Morgan fingerprint density at radius 2 is 1.83 bits per heavy atom. The van der Waals surface area contributed by atoms with Gasteiger partial charge in [-0.25, -0.2) is 0 Å². The van der Waals surface area contributed by atoms with Crippen LogP contribution in [0.2, 0.25) is 0 Å². The molecule has 2 aromatic rings. The lowest BCUT2D eigenvalue weighted by Gasteiger charge is -2.44. The second-order valence-corrected chi connectivity index (χ2v) is 10.6. The zero-order chi connectivity index (χ0) is 25.2. The van der Waals surface area contributed by atoms with E-state index in [9.17, 15) is 19.5 Å². The fourth-order valence-electron chi connectivity index (χ4n) is 6.53. The molecular formula is C28H35N3O5. The Bertz CT molecular complexity index is 1160. The van der Waals surface area contributed by atoms with Gasteiger partial charge >= 0.3 is 5.97 Å². The van der Waals surface area contributed by atoms with E-state index in [2.05, 4.69) is 11.0 Å². The second kappa shape index (κ2) is 10.5. The molecule has 3 aliphatic heterocycles. The first-order valence-corrected chi connectivity index (χ1v) is 13.0. The van der Waals surface area contributed by atoms with Crippen LogP contribution < -0.4 is 10.3 Å². The van der Waals surface area contributed by atoms with Gasteiger partial charge in [0, 0.05) is 62.4 Å². The van der Waals surface area contributed by atoms with Gasteiger partial charge < -0.3 is 24.2 Å². The van der Waals surface area contributed by atoms with E-state index in [-0.39, 0.29) is 29.7 Å². The Hall–Kier alpha value is -3.13.